The van der Waals surface area contributed by atoms with Crippen molar-refractivity contribution in [1.82, 2.24) is 4.90 Å². The standard InChI is InChI=1S/C17H27FN2O/c1-4-17(2,20-10-6-5-7-11-20)16(19)14-12-13(18)8-9-15(14)21-3/h8-9,12,16H,4-7,10-11,19H2,1-3H3. The Morgan fingerprint density at radius 1 is 1.33 bits per heavy atom. The first kappa shape index (κ1) is 16.2. The summed E-state index contributed by atoms with van der Waals surface area (Å²) in [4.78, 5) is 2.46. The lowest BCUT2D eigenvalue weighted by molar-refractivity contribution is 0.0535. The molecule has 1 saturated heterocycles. The lowest BCUT2D eigenvalue weighted by Crippen LogP contribution is -2.54. The van der Waals surface area contributed by atoms with Gasteiger partial charge in [-0.3, -0.25) is 4.90 Å². The van der Waals surface area contributed by atoms with Gasteiger partial charge in [-0.2, -0.15) is 0 Å². The Morgan fingerprint density at radius 3 is 2.57 bits per heavy atom. The fraction of sp³-hybridized carbons (Fsp3) is 0.647. The predicted molar refractivity (Wildman–Crippen MR) is 84.0 cm³/mol. The van der Waals surface area contributed by atoms with Crippen LogP contribution in [0.4, 0.5) is 4.39 Å². The number of methoxy groups -OCH3 is 1. The zero-order valence-electron chi connectivity index (χ0n) is 13.4. The molecule has 2 N–H and O–H groups in total. The highest BCUT2D eigenvalue weighted by Crippen LogP contribution is 2.38. The van der Waals surface area contributed by atoms with Crippen LogP contribution in [0.3, 0.4) is 0 Å². The van der Waals surface area contributed by atoms with Crippen LogP contribution in [-0.2, 0) is 0 Å². The first-order chi connectivity index (χ1) is 10.0. The summed E-state index contributed by atoms with van der Waals surface area (Å²) in [7, 11) is 1.60. The summed E-state index contributed by atoms with van der Waals surface area (Å²) in [5.74, 6) is 0.402. The van der Waals surface area contributed by atoms with Gasteiger partial charge in [0.15, 0.2) is 0 Å². The van der Waals surface area contributed by atoms with Gasteiger partial charge in [0.2, 0.25) is 0 Å². The number of piperidine rings is 1. The Hall–Kier alpha value is -1.13. The minimum Gasteiger partial charge on any atom is -0.496 e. The van der Waals surface area contributed by atoms with Gasteiger partial charge >= 0.3 is 0 Å². The van der Waals surface area contributed by atoms with E-state index in [1.54, 1.807) is 13.2 Å². The Morgan fingerprint density at radius 2 is 2.00 bits per heavy atom. The molecule has 1 heterocycles. The van der Waals surface area contributed by atoms with Gasteiger partial charge in [0.05, 0.1) is 13.2 Å². The van der Waals surface area contributed by atoms with Gasteiger partial charge < -0.3 is 10.5 Å². The van der Waals surface area contributed by atoms with E-state index in [1.807, 2.05) is 0 Å². The van der Waals surface area contributed by atoms with Gasteiger partial charge in [-0.15, -0.1) is 0 Å². The van der Waals surface area contributed by atoms with E-state index in [0.717, 1.165) is 25.1 Å². The lowest BCUT2D eigenvalue weighted by atomic mass is 9.82. The number of hydrogen-bond acceptors (Lipinski definition) is 3. The van der Waals surface area contributed by atoms with Gasteiger partial charge in [-0.25, -0.2) is 4.39 Å². The maximum atomic E-state index is 13.7. The van der Waals surface area contributed by atoms with E-state index < -0.39 is 0 Å². The molecule has 0 spiro atoms. The van der Waals surface area contributed by atoms with Crippen molar-refractivity contribution < 1.29 is 9.13 Å². The van der Waals surface area contributed by atoms with E-state index in [-0.39, 0.29) is 17.4 Å². The molecule has 1 fully saturated rings. The average molecular weight is 294 g/mol. The van der Waals surface area contributed by atoms with Crippen molar-refractivity contribution in [3.63, 3.8) is 0 Å². The second kappa shape index (κ2) is 6.75. The summed E-state index contributed by atoms with van der Waals surface area (Å²) >= 11 is 0. The highest BCUT2D eigenvalue weighted by Gasteiger charge is 2.38. The van der Waals surface area contributed by atoms with Gasteiger partial charge in [-0.1, -0.05) is 13.3 Å². The maximum absolute atomic E-state index is 13.7. The van der Waals surface area contributed by atoms with E-state index >= 15 is 0 Å². The zero-order valence-corrected chi connectivity index (χ0v) is 13.4. The molecule has 0 bridgehead atoms. The molecule has 2 unspecified atom stereocenters. The molecule has 3 nitrogen and oxygen atoms in total. The van der Waals surface area contributed by atoms with Crippen LogP contribution in [0.25, 0.3) is 0 Å². The van der Waals surface area contributed by atoms with E-state index in [4.69, 9.17) is 10.5 Å². The molecular formula is C17H27FN2O. The fourth-order valence-corrected chi connectivity index (χ4v) is 3.33. The molecule has 4 heteroatoms. The minimum atomic E-state index is -0.272. The third-order valence-electron chi connectivity index (χ3n) is 4.99. The van der Waals surface area contributed by atoms with E-state index in [1.165, 1.54) is 31.4 Å². The molecule has 2 rings (SSSR count). The average Bonchev–Trinajstić information content (AvgIpc) is 2.54. The van der Waals surface area contributed by atoms with Gasteiger partial charge in [-0.05, 0) is 57.5 Å². The Kier molecular flexibility index (Phi) is 5.22. The molecule has 118 valence electrons. The summed E-state index contributed by atoms with van der Waals surface area (Å²) < 4.78 is 19.0. The molecule has 1 aromatic carbocycles. The molecule has 1 aliphatic rings. The van der Waals surface area contributed by atoms with Crippen molar-refractivity contribution in [2.24, 2.45) is 5.73 Å². The van der Waals surface area contributed by atoms with Gasteiger partial charge in [0.25, 0.3) is 0 Å². The van der Waals surface area contributed by atoms with Crippen LogP contribution >= 0.6 is 0 Å². The quantitative estimate of drug-likeness (QED) is 0.903. The topological polar surface area (TPSA) is 38.5 Å². The van der Waals surface area contributed by atoms with Crippen LogP contribution in [0.1, 0.15) is 51.1 Å². The van der Waals surface area contributed by atoms with E-state index in [2.05, 4.69) is 18.7 Å². The largest absolute Gasteiger partial charge is 0.496 e. The molecular weight excluding hydrogens is 267 g/mol. The Bertz CT molecular complexity index is 474. The van der Waals surface area contributed by atoms with Crippen LogP contribution in [0.5, 0.6) is 5.75 Å². The smallest absolute Gasteiger partial charge is 0.123 e. The summed E-state index contributed by atoms with van der Waals surface area (Å²) in [6.07, 6.45) is 4.63. The van der Waals surface area contributed by atoms with Crippen LogP contribution in [0.15, 0.2) is 18.2 Å². The normalized spacial score (nSPS) is 20.8. The van der Waals surface area contributed by atoms with Crippen LogP contribution in [-0.4, -0.2) is 30.6 Å². The first-order valence-corrected chi connectivity index (χ1v) is 7.87. The summed E-state index contributed by atoms with van der Waals surface area (Å²) in [6.45, 7) is 6.47. The number of nitrogens with zero attached hydrogens (tertiary/aromatic N) is 1. The number of benzene rings is 1. The van der Waals surface area contributed by atoms with Crippen molar-refractivity contribution >= 4 is 0 Å². The second-order valence-electron chi connectivity index (χ2n) is 6.12. The molecule has 21 heavy (non-hydrogen) atoms. The molecule has 0 radical (unpaired) electrons. The summed E-state index contributed by atoms with van der Waals surface area (Å²) in [5, 5.41) is 0. The number of likely N-dealkylation sites (tertiary alicyclic amines) is 1. The van der Waals surface area contributed by atoms with Gasteiger partial charge in [0, 0.05) is 11.1 Å². The second-order valence-corrected chi connectivity index (χ2v) is 6.12. The molecule has 0 aliphatic carbocycles. The highest BCUT2D eigenvalue weighted by atomic mass is 19.1. The van der Waals surface area contributed by atoms with Crippen LogP contribution in [0.2, 0.25) is 0 Å². The maximum Gasteiger partial charge on any atom is 0.123 e. The zero-order chi connectivity index (χ0) is 15.5. The Balaban J connectivity index is 2.34. The third-order valence-corrected chi connectivity index (χ3v) is 4.99. The van der Waals surface area contributed by atoms with Crippen molar-refractivity contribution in [3.05, 3.63) is 29.6 Å². The number of rotatable bonds is 5. The van der Waals surface area contributed by atoms with Crippen molar-refractivity contribution in [1.29, 1.82) is 0 Å². The van der Waals surface area contributed by atoms with Gasteiger partial charge in [0.1, 0.15) is 11.6 Å². The summed E-state index contributed by atoms with van der Waals surface area (Å²) in [6, 6.07) is 4.32. The van der Waals surface area contributed by atoms with Crippen molar-refractivity contribution in [2.45, 2.75) is 51.1 Å². The Labute approximate surface area is 127 Å². The third kappa shape index (κ3) is 3.22. The predicted octanol–water partition coefficient (Wildman–Crippen LogP) is 3.49. The SMILES string of the molecule is CCC(C)(C(N)c1cc(F)ccc1OC)N1CCCCC1. The molecule has 1 aliphatic heterocycles. The molecule has 0 aromatic heterocycles. The number of nitrogens with two attached hydrogens (primary N) is 1. The monoisotopic (exact) mass is 294 g/mol. The fourth-order valence-electron chi connectivity index (χ4n) is 3.33. The van der Waals surface area contributed by atoms with Crippen LogP contribution < -0.4 is 10.5 Å². The van der Waals surface area contributed by atoms with E-state index in [9.17, 15) is 4.39 Å². The van der Waals surface area contributed by atoms with E-state index in [0.29, 0.717) is 5.75 Å². The minimum absolute atomic E-state index is 0.179. The highest BCUT2D eigenvalue weighted by molar-refractivity contribution is 5.38. The number of halogens is 1. The molecule has 2 atom stereocenters. The number of hydrogen-bond donors (Lipinski definition) is 1. The first-order valence-electron chi connectivity index (χ1n) is 7.87. The lowest BCUT2D eigenvalue weighted by Gasteiger charge is -2.47. The molecule has 0 amide bonds. The molecule has 0 saturated carbocycles. The number of ether oxygens (including phenoxy) is 1. The van der Waals surface area contributed by atoms with Crippen molar-refractivity contribution in [3.8, 4) is 5.75 Å². The van der Waals surface area contributed by atoms with Crippen molar-refractivity contribution in [2.75, 3.05) is 20.2 Å². The molecule has 1 aromatic rings. The van der Waals surface area contributed by atoms with Crippen LogP contribution in [0, 0.1) is 5.82 Å². The summed E-state index contributed by atoms with van der Waals surface area (Å²) in [5.41, 5.74) is 7.15.